The number of carbonyl (C=O) groups is 1. The maximum Gasteiger partial charge on any atom is 0.237 e. The third-order valence-electron chi connectivity index (χ3n) is 4.16. The van der Waals surface area contributed by atoms with Crippen LogP contribution in [0.3, 0.4) is 0 Å². The SMILES string of the molecule is COc1cc(Cl)c(C)cc1NC(=O)C(C)Sc1nnc(-c2ccc(F)cc2)n1N. The summed E-state index contributed by atoms with van der Waals surface area (Å²) in [7, 11) is 1.50. The fourth-order valence-electron chi connectivity index (χ4n) is 2.53. The molecular weight excluding hydrogens is 417 g/mol. The van der Waals surface area contributed by atoms with Gasteiger partial charge in [-0.15, -0.1) is 10.2 Å². The number of hydrogen-bond donors (Lipinski definition) is 2. The second-order valence-corrected chi connectivity index (χ2v) is 7.95. The molecule has 29 heavy (non-hydrogen) atoms. The van der Waals surface area contributed by atoms with Crippen LogP contribution in [0.2, 0.25) is 5.02 Å². The highest BCUT2D eigenvalue weighted by molar-refractivity contribution is 8.00. The second-order valence-electron chi connectivity index (χ2n) is 6.23. The predicted octanol–water partition coefficient (Wildman–Crippen LogP) is 3.89. The molecule has 1 heterocycles. The Morgan fingerprint density at radius 3 is 2.66 bits per heavy atom. The number of nitrogens with zero attached hydrogens (tertiary/aromatic N) is 3. The number of benzene rings is 2. The van der Waals surface area contributed by atoms with Crippen molar-refractivity contribution < 1.29 is 13.9 Å². The van der Waals surface area contributed by atoms with Gasteiger partial charge in [0.05, 0.1) is 18.0 Å². The lowest BCUT2D eigenvalue weighted by Gasteiger charge is -2.15. The van der Waals surface area contributed by atoms with Gasteiger partial charge in [-0.2, -0.15) is 0 Å². The number of carbonyl (C=O) groups excluding carboxylic acids is 1. The van der Waals surface area contributed by atoms with Gasteiger partial charge in [-0.1, -0.05) is 23.4 Å². The van der Waals surface area contributed by atoms with Crippen LogP contribution in [0.4, 0.5) is 10.1 Å². The smallest absolute Gasteiger partial charge is 0.237 e. The van der Waals surface area contributed by atoms with Crippen molar-refractivity contribution in [2.45, 2.75) is 24.3 Å². The number of methoxy groups -OCH3 is 1. The van der Waals surface area contributed by atoms with Gasteiger partial charge in [-0.05, 0) is 49.7 Å². The zero-order valence-electron chi connectivity index (χ0n) is 15.9. The average molecular weight is 436 g/mol. The van der Waals surface area contributed by atoms with Crippen LogP contribution in [0.5, 0.6) is 5.75 Å². The molecule has 0 radical (unpaired) electrons. The third-order valence-corrected chi connectivity index (χ3v) is 5.62. The van der Waals surface area contributed by atoms with Crippen LogP contribution in [-0.2, 0) is 4.79 Å². The molecule has 0 fully saturated rings. The van der Waals surface area contributed by atoms with E-state index in [0.29, 0.717) is 33.0 Å². The Morgan fingerprint density at radius 2 is 2.00 bits per heavy atom. The van der Waals surface area contributed by atoms with Gasteiger partial charge in [0.15, 0.2) is 5.82 Å². The Balaban J connectivity index is 1.74. The summed E-state index contributed by atoms with van der Waals surface area (Å²) in [6.07, 6.45) is 0. The van der Waals surface area contributed by atoms with Crippen molar-refractivity contribution in [1.29, 1.82) is 0 Å². The minimum absolute atomic E-state index is 0.263. The van der Waals surface area contributed by atoms with Crippen LogP contribution in [0.1, 0.15) is 12.5 Å². The lowest BCUT2D eigenvalue weighted by molar-refractivity contribution is -0.115. The average Bonchev–Trinajstić information content (AvgIpc) is 3.05. The van der Waals surface area contributed by atoms with Crippen molar-refractivity contribution >= 4 is 35.0 Å². The standard InChI is InChI=1S/C19H19ClFN5O2S/c1-10-8-15(16(28-3)9-14(10)20)23-18(27)11(2)29-19-25-24-17(26(19)22)12-4-6-13(21)7-5-12/h4-9,11H,22H2,1-3H3,(H,23,27). The number of amides is 1. The van der Waals surface area contributed by atoms with E-state index in [4.69, 9.17) is 22.2 Å². The minimum Gasteiger partial charge on any atom is -0.495 e. The third kappa shape index (κ3) is 4.63. The van der Waals surface area contributed by atoms with Crippen LogP contribution in [-0.4, -0.2) is 33.1 Å². The molecule has 1 unspecified atom stereocenters. The lowest BCUT2D eigenvalue weighted by atomic mass is 10.2. The lowest BCUT2D eigenvalue weighted by Crippen LogP contribution is -2.24. The van der Waals surface area contributed by atoms with Gasteiger partial charge in [-0.3, -0.25) is 4.79 Å². The summed E-state index contributed by atoms with van der Waals surface area (Å²) in [5.41, 5.74) is 1.95. The first-order chi connectivity index (χ1) is 13.8. The van der Waals surface area contributed by atoms with Crippen LogP contribution >= 0.6 is 23.4 Å². The van der Waals surface area contributed by atoms with Crippen LogP contribution in [0.15, 0.2) is 41.6 Å². The summed E-state index contributed by atoms with van der Waals surface area (Å²) >= 11 is 7.25. The molecule has 0 aliphatic carbocycles. The minimum atomic E-state index is -0.525. The molecule has 0 saturated carbocycles. The number of aromatic nitrogens is 3. The van der Waals surface area contributed by atoms with E-state index >= 15 is 0 Å². The number of rotatable bonds is 6. The summed E-state index contributed by atoms with van der Waals surface area (Å²) in [5, 5.41) is 11.3. The fourth-order valence-corrected chi connectivity index (χ4v) is 3.45. The summed E-state index contributed by atoms with van der Waals surface area (Å²) in [6.45, 7) is 3.56. The number of nitrogens with two attached hydrogens (primary N) is 1. The first kappa shape index (κ1) is 20.9. The Labute approximate surface area is 176 Å². The maximum absolute atomic E-state index is 13.1. The van der Waals surface area contributed by atoms with E-state index in [1.54, 1.807) is 31.2 Å². The van der Waals surface area contributed by atoms with Crippen molar-refractivity contribution in [1.82, 2.24) is 14.9 Å². The molecule has 1 amide bonds. The van der Waals surface area contributed by atoms with E-state index in [2.05, 4.69) is 15.5 Å². The van der Waals surface area contributed by atoms with E-state index in [1.807, 2.05) is 6.92 Å². The molecule has 3 rings (SSSR count). The van der Waals surface area contributed by atoms with Gasteiger partial charge in [0.2, 0.25) is 11.1 Å². The van der Waals surface area contributed by atoms with Crippen molar-refractivity contribution in [3.8, 4) is 17.1 Å². The first-order valence-electron chi connectivity index (χ1n) is 8.58. The molecule has 152 valence electrons. The molecule has 0 aliphatic heterocycles. The maximum atomic E-state index is 13.1. The highest BCUT2D eigenvalue weighted by Gasteiger charge is 2.21. The molecule has 2 aromatic carbocycles. The zero-order chi connectivity index (χ0) is 21.1. The molecule has 1 atom stereocenters. The second kappa shape index (κ2) is 8.71. The number of nitrogen functional groups attached to an aromatic ring is 1. The Morgan fingerprint density at radius 1 is 1.31 bits per heavy atom. The Kier molecular flexibility index (Phi) is 6.29. The first-order valence-corrected chi connectivity index (χ1v) is 9.84. The molecular formula is C19H19ClFN5O2S. The van der Waals surface area contributed by atoms with Crippen LogP contribution < -0.4 is 15.9 Å². The normalized spacial score (nSPS) is 11.9. The van der Waals surface area contributed by atoms with Gasteiger partial charge in [-0.25, -0.2) is 9.07 Å². The number of halogens is 2. The largest absolute Gasteiger partial charge is 0.495 e. The van der Waals surface area contributed by atoms with Gasteiger partial charge in [0.25, 0.3) is 0 Å². The summed E-state index contributed by atoms with van der Waals surface area (Å²) in [5.74, 6) is 6.28. The molecule has 0 bridgehead atoms. The van der Waals surface area contributed by atoms with E-state index < -0.39 is 5.25 Å². The quantitative estimate of drug-likeness (QED) is 0.450. The van der Waals surface area contributed by atoms with Gasteiger partial charge in [0, 0.05) is 16.7 Å². The zero-order valence-corrected chi connectivity index (χ0v) is 17.5. The Hall–Kier alpha value is -2.78. The summed E-state index contributed by atoms with van der Waals surface area (Å²) in [6, 6.07) is 9.14. The van der Waals surface area contributed by atoms with Gasteiger partial charge in [0.1, 0.15) is 11.6 Å². The van der Waals surface area contributed by atoms with Crippen molar-refractivity contribution in [3.63, 3.8) is 0 Å². The fraction of sp³-hybridized carbons (Fsp3) is 0.211. The van der Waals surface area contributed by atoms with E-state index in [1.165, 1.54) is 23.9 Å². The molecule has 0 saturated heterocycles. The number of thioether (sulfide) groups is 1. The van der Waals surface area contributed by atoms with E-state index in [9.17, 15) is 9.18 Å². The molecule has 3 aromatic rings. The van der Waals surface area contributed by atoms with Crippen molar-refractivity contribution in [3.05, 3.63) is 52.8 Å². The van der Waals surface area contributed by atoms with Gasteiger partial charge < -0.3 is 15.9 Å². The highest BCUT2D eigenvalue weighted by Crippen LogP contribution is 2.32. The Bertz CT molecular complexity index is 1040. The van der Waals surface area contributed by atoms with Crippen LogP contribution in [0, 0.1) is 12.7 Å². The highest BCUT2D eigenvalue weighted by atomic mass is 35.5. The van der Waals surface area contributed by atoms with Crippen molar-refractivity contribution in [2.75, 3.05) is 18.3 Å². The molecule has 0 aliphatic rings. The van der Waals surface area contributed by atoms with E-state index in [-0.39, 0.29) is 11.7 Å². The predicted molar refractivity (Wildman–Crippen MR) is 112 cm³/mol. The molecule has 7 nitrogen and oxygen atoms in total. The number of aryl methyl sites for hydroxylation is 1. The number of nitrogens with one attached hydrogen (secondary N) is 1. The summed E-state index contributed by atoms with van der Waals surface area (Å²) in [4.78, 5) is 12.6. The number of anilines is 1. The monoisotopic (exact) mass is 435 g/mol. The molecule has 3 N–H and O–H groups in total. The molecule has 1 aromatic heterocycles. The van der Waals surface area contributed by atoms with Crippen molar-refractivity contribution in [2.24, 2.45) is 0 Å². The van der Waals surface area contributed by atoms with E-state index in [0.717, 1.165) is 17.3 Å². The number of ether oxygens (including phenoxy) is 1. The summed E-state index contributed by atoms with van der Waals surface area (Å²) < 4.78 is 19.7. The van der Waals surface area contributed by atoms with Gasteiger partial charge >= 0.3 is 0 Å². The topological polar surface area (TPSA) is 95.1 Å². The molecule has 0 spiro atoms. The molecule has 10 heteroatoms. The number of hydrogen-bond acceptors (Lipinski definition) is 6. The van der Waals surface area contributed by atoms with Crippen LogP contribution in [0.25, 0.3) is 11.4 Å².